The van der Waals surface area contributed by atoms with Crippen LogP contribution in [0.2, 0.25) is 0 Å². The van der Waals surface area contributed by atoms with Crippen LogP contribution in [0.3, 0.4) is 0 Å². The van der Waals surface area contributed by atoms with Gasteiger partial charge in [0, 0.05) is 12.1 Å². The zero-order valence-corrected chi connectivity index (χ0v) is 10.1. The van der Waals surface area contributed by atoms with Gasteiger partial charge in [-0.25, -0.2) is 0 Å². The third-order valence-corrected chi connectivity index (χ3v) is 3.24. The first-order valence-corrected chi connectivity index (χ1v) is 5.83. The molecule has 0 bridgehead atoms. The Morgan fingerprint density at radius 1 is 0.650 bits per heavy atom. The summed E-state index contributed by atoms with van der Waals surface area (Å²) < 4.78 is 0. The molecular formula is C14H8N2O4. The van der Waals surface area contributed by atoms with Crippen LogP contribution in [0.4, 0.5) is 11.4 Å². The molecule has 0 aliphatic heterocycles. The second kappa shape index (κ2) is 4.27. The van der Waals surface area contributed by atoms with Gasteiger partial charge in [-0.3, -0.25) is 20.2 Å². The highest BCUT2D eigenvalue weighted by molar-refractivity contribution is 6.15. The molecule has 0 spiro atoms. The Morgan fingerprint density at radius 3 is 1.40 bits per heavy atom. The number of rotatable bonds is 2. The monoisotopic (exact) mass is 268 g/mol. The van der Waals surface area contributed by atoms with Gasteiger partial charge in [0.05, 0.1) is 20.6 Å². The van der Waals surface area contributed by atoms with Crippen LogP contribution in [0, 0.1) is 20.2 Å². The van der Waals surface area contributed by atoms with Gasteiger partial charge in [-0.15, -0.1) is 0 Å². The van der Waals surface area contributed by atoms with E-state index in [0.29, 0.717) is 21.5 Å². The van der Waals surface area contributed by atoms with Gasteiger partial charge in [-0.05, 0) is 10.8 Å². The summed E-state index contributed by atoms with van der Waals surface area (Å²) in [6.45, 7) is 0. The second-order valence-electron chi connectivity index (χ2n) is 4.33. The lowest BCUT2D eigenvalue weighted by molar-refractivity contribution is -0.384. The predicted molar refractivity (Wildman–Crippen MR) is 74.8 cm³/mol. The SMILES string of the molecule is O=[N+]([O-])c1cccc2ccc3cccc([N+](=O)[O-])c3c12. The topological polar surface area (TPSA) is 86.3 Å². The van der Waals surface area contributed by atoms with E-state index in [1.54, 1.807) is 36.4 Å². The van der Waals surface area contributed by atoms with E-state index in [2.05, 4.69) is 0 Å². The van der Waals surface area contributed by atoms with Gasteiger partial charge in [0.25, 0.3) is 11.4 Å². The number of nitrogens with zero attached hydrogens (tertiary/aromatic N) is 2. The van der Waals surface area contributed by atoms with Crippen LogP contribution in [0.1, 0.15) is 0 Å². The van der Waals surface area contributed by atoms with Crippen molar-refractivity contribution >= 4 is 32.9 Å². The number of nitro benzene ring substituents is 2. The van der Waals surface area contributed by atoms with E-state index in [0.717, 1.165) is 0 Å². The number of non-ortho nitro benzene ring substituents is 2. The first-order chi connectivity index (χ1) is 9.59. The standard InChI is InChI=1S/C14H8N2O4/c17-15(18)11-5-1-3-9-7-8-10-4-2-6-12(16(19)20)14(10)13(9)11/h1-8H. The summed E-state index contributed by atoms with van der Waals surface area (Å²) in [7, 11) is 0. The highest BCUT2D eigenvalue weighted by Gasteiger charge is 2.20. The van der Waals surface area contributed by atoms with Crippen LogP contribution in [-0.4, -0.2) is 9.85 Å². The third-order valence-electron chi connectivity index (χ3n) is 3.24. The lowest BCUT2D eigenvalue weighted by atomic mass is 9.99. The highest BCUT2D eigenvalue weighted by Crippen LogP contribution is 2.37. The minimum Gasteiger partial charge on any atom is -0.258 e. The third kappa shape index (κ3) is 1.66. The zero-order valence-electron chi connectivity index (χ0n) is 10.1. The highest BCUT2D eigenvalue weighted by atomic mass is 16.6. The molecule has 0 unspecified atom stereocenters. The molecular weight excluding hydrogens is 260 g/mol. The number of hydrogen-bond donors (Lipinski definition) is 0. The van der Waals surface area contributed by atoms with Gasteiger partial charge in [-0.2, -0.15) is 0 Å². The number of fused-ring (bicyclic) bond motifs is 3. The largest absolute Gasteiger partial charge is 0.278 e. The molecule has 20 heavy (non-hydrogen) atoms. The Balaban J connectivity index is 2.63. The molecule has 0 aliphatic rings. The molecule has 0 saturated carbocycles. The quantitative estimate of drug-likeness (QED) is 0.401. The van der Waals surface area contributed by atoms with Crippen molar-refractivity contribution in [3.8, 4) is 0 Å². The van der Waals surface area contributed by atoms with E-state index in [1.165, 1.54) is 12.1 Å². The molecule has 0 aromatic heterocycles. The van der Waals surface area contributed by atoms with Crippen molar-refractivity contribution in [1.82, 2.24) is 0 Å². The van der Waals surface area contributed by atoms with E-state index >= 15 is 0 Å². The Morgan fingerprint density at radius 2 is 1.05 bits per heavy atom. The zero-order chi connectivity index (χ0) is 14.3. The van der Waals surface area contributed by atoms with Crippen LogP contribution in [0.15, 0.2) is 48.5 Å². The van der Waals surface area contributed by atoms with Gasteiger partial charge >= 0.3 is 0 Å². The average Bonchev–Trinajstić information content (AvgIpc) is 2.45. The van der Waals surface area contributed by atoms with Gasteiger partial charge in [-0.1, -0.05) is 36.4 Å². The molecule has 0 amide bonds. The number of nitro groups is 2. The maximum Gasteiger partial charge on any atom is 0.278 e. The summed E-state index contributed by atoms with van der Waals surface area (Å²) in [6, 6.07) is 12.7. The van der Waals surface area contributed by atoms with Crippen molar-refractivity contribution in [3.05, 3.63) is 68.8 Å². The molecule has 98 valence electrons. The molecule has 3 rings (SSSR count). The van der Waals surface area contributed by atoms with Crippen molar-refractivity contribution in [2.45, 2.75) is 0 Å². The normalized spacial score (nSPS) is 10.8. The summed E-state index contributed by atoms with van der Waals surface area (Å²) in [5.41, 5.74) is -0.246. The molecule has 6 heteroatoms. The molecule has 3 aromatic rings. The van der Waals surface area contributed by atoms with Gasteiger partial charge in [0.2, 0.25) is 0 Å². The molecule has 6 nitrogen and oxygen atoms in total. The summed E-state index contributed by atoms with van der Waals surface area (Å²) in [6.07, 6.45) is 0. The first kappa shape index (κ1) is 12.0. The lowest BCUT2D eigenvalue weighted by Crippen LogP contribution is -1.94. The molecule has 0 heterocycles. The number of benzene rings is 3. The summed E-state index contributed by atoms with van der Waals surface area (Å²) in [5.74, 6) is 0. The van der Waals surface area contributed by atoms with E-state index in [4.69, 9.17) is 0 Å². The summed E-state index contributed by atoms with van der Waals surface area (Å²) >= 11 is 0. The van der Waals surface area contributed by atoms with E-state index in [1.807, 2.05) is 0 Å². The Labute approximate surface area is 112 Å². The first-order valence-electron chi connectivity index (χ1n) is 5.83. The van der Waals surface area contributed by atoms with E-state index < -0.39 is 9.85 Å². The lowest BCUT2D eigenvalue weighted by Gasteiger charge is -2.05. The van der Waals surface area contributed by atoms with Crippen LogP contribution in [-0.2, 0) is 0 Å². The molecule has 3 aromatic carbocycles. The number of hydrogen-bond acceptors (Lipinski definition) is 4. The fraction of sp³-hybridized carbons (Fsp3) is 0. The van der Waals surface area contributed by atoms with E-state index in [-0.39, 0.29) is 11.4 Å². The van der Waals surface area contributed by atoms with Crippen molar-refractivity contribution in [3.63, 3.8) is 0 Å². The smallest absolute Gasteiger partial charge is 0.258 e. The Bertz CT molecular complexity index is 801. The van der Waals surface area contributed by atoms with Gasteiger partial charge in [0.15, 0.2) is 0 Å². The summed E-state index contributed by atoms with van der Waals surface area (Å²) in [4.78, 5) is 21.3. The van der Waals surface area contributed by atoms with E-state index in [9.17, 15) is 20.2 Å². The van der Waals surface area contributed by atoms with Crippen molar-refractivity contribution in [1.29, 1.82) is 0 Å². The summed E-state index contributed by atoms with van der Waals surface area (Å²) in [5, 5.41) is 24.2. The fourth-order valence-corrected chi connectivity index (χ4v) is 2.42. The predicted octanol–water partition coefficient (Wildman–Crippen LogP) is 3.81. The maximum atomic E-state index is 11.2. The van der Waals surface area contributed by atoms with Crippen molar-refractivity contribution in [2.75, 3.05) is 0 Å². The average molecular weight is 268 g/mol. The minimum atomic E-state index is -0.515. The molecule has 0 atom stereocenters. The molecule has 0 fully saturated rings. The fourth-order valence-electron chi connectivity index (χ4n) is 2.42. The minimum absolute atomic E-state index is 0.123. The van der Waals surface area contributed by atoms with Gasteiger partial charge in [0.1, 0.15) is 0 Å². The molecule has 0 aliphatic carbocycles. The second-order valence-corrected chi connectivity index (χ2v) is 4.33. The Kier molecular flexibility index (Phi) is 2.57. The molecule has 0 radical (unpaired) electrons. The van der Waals surface area contributed by atoms with Crippen molar-refractivity contribution in [2.24, 2.45) is 0 Å². The van der Waals surface area contributed by atoms with Crippen molar-refractivity contribution < 1.29 is 9.85 Å². The van der Waals surface area contributed by atoms with Gasteiger partial charge < -0.3 is 0 Å². The molecule has 0 saturated heterocycles. The van der Waals surface area contributed by atoms with Crippen LogP contribution in [0.5, 0.6) is 0 Å². The van der Waals surface area contributed by atoms with Crippen LogP contribution >= 0.6 is 0 Å². The maximum absolute atomic E-state index is 11.2. The van der Waals surface area contributed by atoms with Crippen LogP contribution < -0.4 is 0 Å². The van der Waals surface area contributed by atoms with Crippen LogP contribution in [0.25, 0.3) is 21.5 Å². The molecule has 0 N–H and O–H groups in total. The Hall–Kier alpha value is -3.02.